The molecule has 102 valence electrons. The summed E-state index contributed by atoms with van der Waals surface area (Å²) in [5.74, 6) is -1.51. The van der Waals surface area contributed by atoms with E-state index >= 15 is 0 Å². The van der Waals surface area contributed by atoms with Crippen molar-refractivity contribution in [3.63, 3.8) is 0 Å². The fraction of sp³-hybridized carbons (Fsp3) is 0.429. The molecular weight excluding hydrogens is 248 g/mol. The van der Waals surface area contributed by atoms with Gasteiger partial charge in [-0.2, -0.15) is 0 Å². The van der Waals surface area contributed by atoms with Gasteiger partial charge in [0, 0.05) is 11.1 Å². The minimum atomic E-state index is -1.49. The second kappa shape index (κ2) is 5.30. The van der Waals surface area contributed by atoms with E-state index in [-0.39, 0.29) is 5.56 Å². The van der Waals surface area contributed by atoms with Gasteiger partial charge in [-0.1, -0.05) is 0 Å². The van der Waals surface area contributed by atoms with Crippen LogP contribution in [0.2, 0.25) is 0 Å². The Labute approximate surface area is 111 Å². The van der Waals surface area contributed by atoms with Crippen LogP contribution in [0.25, 0.3) is 0 Å². The molecule has 0 spiro atoms. The van der Waals surface area contributed by atoms with Crippen molar-refractivity contribution in [3.05, 3.63) is 22.8 Å². The molecule has 0 heterocycles. The van der Waals surface area contributed by atoms with Gasteiger partial charge in [-0.3, -0.25) is 4.79 Å². The summed E-state index contributed by atoms with van der Waals surface area (Å²) < 4.78 is 10.6. The van der Waals surface area contributed by atoms with Crippen molar-refractivity contribution in [2.45, 2.75) is 25.7 Å². The topological polar surface area (TPSA) is 72.8 Å². The predicted octanol–water partition coefficient (Wildman–Crippen LogP) is 1.85. The number of Topliss-reactive ketones (excluding diaryl/α,β-unsaturated/α-hetero) is 1. The van der Waals surface area contributed by atoms with Gasteiger partial charge in [-0.25, -0.2) is 4.79 Å². The molecule has 1 aromatic rings. The van der Waals surface area contributed by atoms with Crippen molar-refractivity contribution < 1.29 is 24.2 Å². The average molecular weight is 264 g/mol. The van der Waals surface area contributed by atoms with Crippen LogP contribution in [0.5, 0.6) is 11.5 Å². The summed E-state index contributed by atoms with van der Waals surface area (Å²) in [6.45, 7) is 0. The van der Waals surface area contributed by atoms with Crippen molar-refractivity contribution in [2.24, 2.45) is 0 Å². The number of carbonyl (C=O) groups is 2. The van der Waals surface area contributed by atoms with E-state index in [1.807, 2.05) is 0 Å². The number of carboxylic acids is 1. The SMILES string of the molecule is COc1cc(C(=O)C(=O)O)c(OC)c2c1CCCC2. The van der Waals surface area contributed by atoms with Gasteiger partial charge in [0.25, 0.3) is 5.78 Å². The Balaban J connectivity index is 2.67. The smallest absolute Gasteiger partial charge is 0.377 e. The van der Waals surface area contributed by atoms with Crippen molar-refractivity contribution in [1.82, 2.24) is 0 Å². The summed E-state index contributed by atoms with van der Waals surface area (Å²) in [7, 11) is 2.97. The normalized spacial score (nSPS) is 13.6. The van der Waals surface area contributed by atoms with Crippen LogP contribution < -0.4 is 9.47 Å². The predicted molar refractivity (Wildman–Crippen MR) is 68.2 cm³/mol. The lowest BCUT2D eigenvalue weighted by molar-refractivity contribution is -0.131. The lowest BCUT2D eigenvalue weighted by atomic mass is 9.87. The summed E-state index contributed by atoms with van der Waals surface area (Å²) in [4.78, 5) is 22.6. The van der Waals surface area contributed by atoms with Gasteiger partial charge < -0.3 is 14.6 Å². The number of hydrogen-bond acceptors (Lipinski definition) is 4. The minimum Gasteiger partial charge on any atom is -0.496 e. The molecule has 1 aliphatic carbocycles. The standard InChI is InChI=1S/C14H16O5/c1-18-11-7-10(12(15)14(16)17)13(19-2)9-6-4-3-5-8(9)11/h7H,3-6H2,1-2H3,(H,16,17). The summed E-state index contributed by atoms with van der Waals surface area (Å²) >= 11 is 0. The van der Waals surface area contributed by atoms with Crippen LogP contribution >= 0.6 is 0 Å². The number of methoxy groups -OCH3 is 2. The number of fused-ring (bicyclic) bond motifs is 1. The molecule has 2 rings (SSSR count). The quantitative estimate of drug-likeness (QED) is 0.663. The minimum absolute atomic E-state index is 0.0625. The van der Waals surface area contributed by atoms with E-state index < -0.39 is 11.8 Å². The molecule has 5 nitrogen and oxygen atoms in total. The Hall–Kier alpha value is -2.04. The number of carbonyl (C=O) groups excluding carboxylic acids is 1. The Morgan fingerprint density at radius 3 is 2.26 bits per heavy atom. The van der Waals surface area contributed by atoms with Gasteiger partial charge in [0.2, 0.25) is 0 Å². The Morgan fingerprint density at radius 2 is 1.74 bits per heavy atom. The molecule has 0 fully saturated rings. The fourth-order valence-corrected chi connectivity index (χ4v) is 2.57. The molecule has 0 bridgehead atoms. The van der Waals surface area contributed by atoms with Crippen molar-refractivity contribution in [3.8, 4) is 11.5 Å². The molecule has 1 aromatic carbocycles. The average Bonchev–Trinajstić information content (AvgIpc) is 2.44. The van der Waals surface area contributed by atoms with Crippen LogP contribution in [0, 0.1) is 0 Å². The maximum Gasteiger partial charge on any atom is 0.377 e. The number of hydrogen-bond donors (Lipinski definition) is 1. The third-order valence-corrected chi connectivity index (χ3v) is 3.42. The third-order valence-electron chi connectivity index (χ3n) is 3.42. The molecule has 0 aliphatic heterocycles. The Morgan fingerprint density at radius 1 is 1.11 bits per heavy atom. The van der Waals surface area contributed by atoms with E-state index in [1.54, 1.807) is 0 Å². The van der Waals surface area contributed by atoms with E-state index in [1.165, 1.54) is 20.3 Å². The van der Waals surface area contributed by atoms with E-state index in [4.69, 9.17) is 14.6 Å². The van der Waals surface area contributed by atoms with Gasteiger partial charge in [0.05, 0.1) is 19.8 Å². The molecule has 0 saturated carbocycles. The third kappa shape index (κ3) is 2.28. The van der Waals surface area contributed by atoms with E-state index in [0.29, 0.717) is 11.5 Å². The highest BCUT2D eigenvalue weighted by atomic mass is 16.5. The molecule has 0 radical (unpaired) electrons. The molecule has 0 aromatic heterocycles. The second-order valence-electron chi connectivity index (χ2n) is 4.46. The monoisotopic (exact) mass is 264 g/mol. The molecule has 0 amide bonds. The number of rotatable bonds is 4. The number of benzene rings is 1. The Kier molecular flexibility index (Phi) is 3.74. The first-order chi connectivity index (χ1) is 9.10. The van der Waals surface area contributed by atoms with Gasteiger partial charge in [-0.15, -0.1) is 0 Å². The first-order valence-corrected chi connectivity index (χ1v) is 6.14. The second-order valence-corrected chi connectivity index (χ2v) is 4.46. The molecule has 0 saturated heterocycles. The maximum absolute atomic E-state index is 11.7. The Bertz CT molecular complexity index is 533. The van der Waals surface area contributed by atoms with Gasteiger partial charge in [-0.05, 0) is 31.7 Å². The molecule has 1 N–H and O–H groups in total. The highest BCUT2D eigenvalue weighted by Crippen LogP contribution is 2.39. The number of ketones is 1. The van der Waals surface area contributed by atoms with Gasteiger partial charge >= 0.3 is 5.97 Å². The van der Waals surface area contributed by atoms with Crippen LogP contribution in [0.15, 0.2) is 6.07 Å². The van der Waals surface area contributed by atoms with Gasteiger partial charge in [0.1, 0.15) is 11.5 Å². The summed E-state index contributed by atoms with van der Waals surface area (Å²) in [5.41, 5.74) is 1.98. The van der Waals surface area contributed by atoms with Crippen LogP contribution in [-0.2, 0) is 17.6 Å². The van der Waals surface area contributed by atoms with Crippen molar-refractivity contribution in [1.29, 1.82) is 0 Å². The van der Waals surface area contributed by atoms with Crippen LogP contribution in [0.4, 0.5) is 0 Å². The molecule has 5 heteroatoms. The van der Waals surface area contributed by atoms with Crippen molar-refractivity contribution in [2.75, 3.05) is 14.2 Å². The first kappa shape index (κ1) is 13.4. The van der Waals surface area contributed by atoms with Crippen LogP contribution in [0.1, 0.15) is 34.3 Å². The molecule has 0 unspecified atom stereocenters. The fourth-order valence-electron chi connectivity index (χ4n) is 2.57. The maximum atomic E-state index is 11.7. The zero-order chi connectivity index (χ0) is 14.0. The van der Waals surface area contributed by atoms with Crippen LogP contribution in [-0.4, -0.2) is 31.1 Å². The van der Waals surface area contributed by atoms with Crippen molar-refractivity contribution >= 4 is 11.8 Å². The summed E-state index contributed by atoms with van der Waals surface area (Å²) in [6, 6.07) is 1.47. The largest absolute Gasteiger partial charge is 0.496 e. The molecule has 1 aliphatic rings. The first-order valence-electron chi connectivity index (χ1n) is 6.14. The molecule has 0 atom stereocenters. The van der Waals surface area contributed by atoms with Crippen LogP contribution in [0.3, 0.4) is 0 Å². The zero-order valence-electron chi connectivity index (χ0n) is 11.0. The lowest BCUT2D eigenvalue weighted by Gasteiger charge is -2.23. The van der Waals surface area contributed by atoms with E-state index in [2.05, 4.69) is 0 Å². The van der Waals surface area contributed by atoms with E-state index in [9.17, 15) is 9.59 Å². The number of ether oxygens (including phenoxy) is 2. The summed E-state index contributed by atoms with van der Waals surface area (Å²) in [6.07, 6.45) is 3.68. The highest BCUT2D eigenvalue weighted by Gasteiger charge is 2.27. The number of aliphatic carboxylic acids is 1. The molecule has 19 heavy (non-hydrogen) atoms. The molecular formula is C14H16O5. The lowest BCUT2D eigenvalue weighted by Crippen LogP contribution is -2.17. The number of carboxylic acid groups (broad SMARTS) is 1. The zero-order valence-corrected chi connectivity index (χ0v) is 11.0. The van der Waals surface area contributed by atoms with E-state index in [0.717, 1.165) is 36.8 Å². The highest BCUT2D eigenvalue weighted by molar-refractivity contribution is 6.40. The summed E-state index contributed by atoms with van der Waals surface area (Å²) in [5, 5.41) is 8.88. The van der Waals surface area contributed by atoms with Gasteiger partial charge in [0.15, 0.2) is 0 Å².